The number of rotatable bonds is 22. The van der Waals surface area contributed by atoms with Gasteiger partial charge in [0.2, 0.25) is 0 Å². The summed E-state index contributed by atoms with van der Waals surface area (Å²) < 4.78 is 37.1. The summed E-state index contributed by atoms with van der Waals surface area (Å²) in [6.45, 7) is 0.578. The van der Waals surface area contributed by atoms with E-state index in [1.807, 2.05) is 60.7 Å². The smallest absolute Gasteiger partial charge is 0.342 e. The molecule has 0 saturated heterocycles. The first-order valence-corrected chi connectivity index (χ1v) is 18.3. The Morgan fingerprint density at radius 3 is 1.38 bits per heavy atom. The zero-order valence-electron chi connectivity index (χ0n) is 30.4. The van der Waals surface area contributed by atoms with Crippen LogP contribution in [-0.2, 0) is 25.7 Å². The molecule has 0 aliphatic carbocycles. The molecule has 0 saturated carbocycles. The first-order valence-electron chi connectivity index (χ1n) is 16.4. The molecule has 0 aliphatic rings. The predicted octanol–water partition coefficient (Wildman–Crippen LogP) is 10.7. The number of ether oxygens (including phenoxy) is 7. The summed E-state index contributed by atoms with van der Waals surface area (Å²) in [7, 11) is 4.27. The monoisotopic (exact) mass is 840 g/mol. The molecule has 4 aromatic carbocycles. The van der Waals surface area contributed by atoms with Crippen LogP contribution in [0.2, 0.25) is 0 Å². The standard InChI is InChI=1S/C19H21N3O5S.C18H19N3O5S.3CH4/c1-24-13-27-17-9-8-16(26-11-10-21-22-20)15(18(17)19(23)25-2)12-28-14-6-4-3-5-7-14;1-24-12-26-16-8-7-15(25-10-9-20-21-19)14(17(16)18(22)23)11-27-13-5-3-2-4-6-13;;;/h3-9H,10-13H2,1-2H3;2-8H,9-12H2,1H3,(H,22,23);3*1H4. The zero-order chi connectivity index (χ0) is 39.7. The van der Waals surface area contributed by atoms with E-state index in [0.717, 1.165) is 9.79 Å². The largest absolute Gasteiger partial charge is 0.493 e. The Morgan fingerprint density at radius 2 is 1.00 bits per heavy atom. The molecule has 0 amide bonds. The van der Waals surface area contributed by atoms with Gasteiger partial charge in [-0.05, 0) is 59.6 Å². The van der Waals surface area contributed by atoms with Crippen LogP contribution in [0.4, 0.5) is 0 Å². The number of carboxylic acid groups (broad SMARTS) is 1. The van der Waals surface area contributed by atoms with Gasteiger partial charge in [0.25, 0.3) is 0 Å². The van der Waals surface area contributed by atoms with Gasteiger partial charge in [-0.1, -0.05) is 68.9 Å². The molecule has 0 spiro atoms. The number of benzene rings is 4. The lowest BCUT2D eigenvalue weighted by atomic mass is 10.1. The van der Waals surface area contributed by atoms with Crippen molar-refractivity contribution in [2.45, 2.75) is 43.6 Å². The minimum atomic E-state index is -1.12. The van der Waals surface area contributed by atoms with E-state index in [1.165, 1.54) is 39.2 Å². The first kappa shape index (κ1) is 52.3. The zero-order valence-corrected chi connectivity index (χ0v) is 32.0. The Hall–Kier alpha value is -5.74. The number of hydrogen-bond donors (Lipinski definition) is 1. The van der Waals surface area contributed by atoms with Crippen molar-refractivity contribution < 1.29 is 47.9 Å². The first-order chi connectivity index (χ1) is 26.9. The summed E-state index contributed by atoms with van der Waals surface area (Å²) in [5, 5.41) is 16.6. The van der Waals surface area contributed by atoms with E-state index in [1.54, 1.807) is 30.0 Å². The molecule has 58 heavy (non-hydrogen) atoms. The van der Waals surface area contributed by atoms with E-state index in [2.05, 4.69) is 20.1 Å². The highest BCUT2D eigenvalue weighted by molar-refractivity contribution is 7.98. The van der Waals surface area contributed by atoms with Crippen LogP contribution in [0.3, 0.4) is 0 Å². The molecular weight excluding hydrogens is 789 g/mol. The third kappa shape index (κ3) is 17.2. The lowest BCUT2D eigenvalue weighted by Crippen LogP contribution is -2.12. The highest BCUT2D eigenvalue weighted by Gasteiger charge is 2.24. The maximum Gasteiger partial charge on any atom is 0.342 e. The van der Waals surface area contributed by atoms with E-state index in [0.29, 0.717) is 39.9 Å². The molecule has 0 atom stereocenters. The molecule has 0 unspecified atom stereocenters. The lowest BCUT2D eigenvalue weighted by molar-refractivity contribution is 0.0461. The molecule has 4 rings (SSSR count). The van der Waals surface area contributed by atoms with Gasteiger partial charge in [0, 0.05) is 56.5 Å². The normalized spacial score (nSPS) is 9.57. The van der Waals surface area contributed by atoms with Gasteiger partial charge in [-0.3, -0.25) is 0 Å². The summed E-state index contributed by atoms with van der Waals surface area (Å²) in [6, 6.07) is 25.9. The van der Waals surface area contributed by atoms with Crippen molar-refractivity contribution in [1.29, 1.82) is 0 Å². The number of thioether (sulfide) groups is 2. The maximum atomic E-state index is 12.5. The summed E-state index contributed by atoms with van der Waals surface area (Å²) in [5.74, 6) is 0.633. The van der Waals surface area contributed by atoms with Crippen molar-refractivity contribution in [2.24, 2.45) is 10.2 Å². The fourth-order valence-corrected chi connectivity index (χ4v) is 6.54. The van der Waals surface area contributed by atoms with Crippen molar-refractivity contribution in [2.75, 3.05) is 61.2 Å². The van der Waals surface area contributed by atoms with E-state index in [-0.39, 0.29) is 79.0 Å². The molecular formula is C40H52N6O10S2. The second-order valence-electron chi connectivity index (χ2n) is 10.5. The number of carbonyl (C=O) groups excluding carboxylic acids is 1. The molecule has 0 fully saturated rings. The van der Waals surface area contributed by atoms with Gasteiger partial charge >= 0.3 is 11.9 Å². The average Bonchev–Trinajstić information content (AvgIpc) is 3.21. The van der Waals surface area contributed by atoms with Crippen LogP contribution < -0.4 is 18.9 Å². The van der Waals surface area contributed by atoms with Gasteiger partial charge in [0.1, 0.15) is 34.1 Å². The van der Waals surface area contributed by atoms with Crippen molar-refractivity contribution in [3.05, 3.63) is 128 Å². The number of hydrogen-bond acceptors (Lipinski definition) is 13. The summed E-state index contributed by atoms with van der Waals surface area (Å²) in [5.41, 5.74) is 18.2. The molecule has 16 nitrogen and oxygen atoms in total. The van der Waals surface area contributed by atoms with Gasteiger partial charge in [-0.15, -0.1) is 23.5 Å². The lowest BCUT2D eigenvalue weighted by Gasteiger charge is -2.18. The maximum absolute atomic E-state index is 12.5. The fourth-order valence-electron chi connectivity index (χ4n) is 4.64. The van der Waals surface area contributed by atoms with Crippen LogP contribution in [0.5, 0.6) is 23.0 Å². The number of esters is 1. The molecule has 4 aromatic rings. The van der Waals surface area contributed by atoms with E-state index >= 15 is 0 Å². The SMILES string of the molecule is C.C.C.COCOc1ccc(OCCN=[N+]=[N-])c(CSc2ccccc2)c1C(=O)O.COCOc1ccc(OCCN=[N+]=[N-])c(CSc2ccccc2)c1C(=O)OC. The molecule has 314 valence electrons. The summed E-state index contributed by atoms with van der Waals surface area (Å²) in [6.07, 6.45) is 0. The van der Waals surface area contributed by atoms with E-state index in [9.17, 15) is 14.7 Å². The highest BCUT2D eigenvalue weighted by atomic mass is 32.2. The Kier molecular flexibility index (Phi) is 27.4. The quantitative estimate of drug-likeness (QED) is 0.0149. The third-order valence-electron chi connectivity index (χ3n) is 7.01. The van der Waals surface area contributed by atoms with Crippen molar-refractivity contribution >= 4 is 35.5 Å². The van der Waals surface area contributed by atoms with Crippen LogP contribution >= 0.6 is 23.5 Å². The van der Waals surface area contributed by atoms with Crippen LogP contribution in [0.15, 0.2) is 105 Å². The number of nitrogens with zero attached hydrogens (tertiary/aromatic N) is 6. The Labute approximate surface area is 348 Å². The summed E-state index contributed by atoms with van der Waals surface area (Å²) >= 11 is 3.03. The number of azide groups is 2. The van der Waals surface area contributed by atoms with Gasteiger partial charge < -0.3 is 38.3 Å². The van der Waals surface area contributed by atoms with Crippen LogP contribution in [-0.4, -0.2) is 78.3 Å². The van der Waals surface area contributed by atoms with Gasteiger partial charge in [-0.2, -0.15) is 0 Å². The van der Waals surface area contributed by atoms with Gasteiger partial charge in [0.15, 0.2) is 13.6 Å². The topological polar surface area (TPSA) is 216 Å². The van der Waals surface area contributed by atoms with Crippen molar-refractivity contribution in [3.8, 4) is 23.0 Å². The molecule has 0 bridgehead atoms. The van der Waals surface area contributed by atoms with Gasteiger partial charge in [0.05, 0.1) is 33.4 Å². The van der Waals surface area contributed by atoms with Crippen LogP contribution in [0.25, 0.3) is 20.9 Å². The summed E-state index contributed by atoms with van der Waals surface area (Å²) in [4.78, 5) is 31.8. The third-order valence-corrected chi connectivity index (χ3v) is 9.09. The Balaban J connectivity index is 0.00000107. The predicted molar refractivity (Wildman–Crippen MR) is 227 cm³/mol. The average molecular weight is 841 g/mol. The van der Waals surface area contributed by atoms with Crippen molar-refractivity contribution in [3.63, 3.8) is 0 Å². The molecule has 0 aliphatic heterocycles. The molecule has 0 radical (unpaired) electrons. The molecule has 1 N–H and O–H groups in total. The molecule has 0 aromatic heterocycles. The fraction of sp³-hybridized carbons (Fsp3) is 0.350. The minimum absolute atomic E-state index is 0. The van der Waals surface area contributed by atoms with Crippen molar-refractivity contribution in [1.82, 2.24) is 0 Å². The number of aromatic carboxylic acids is 1. The molecule has 0 heterocycles. The Morgan fingerprint density at radius 1 is 0.603 bits per heavy atom. The second-order valence-corrected chi connectivity index (χ2v) is 12.6. The van der Waals surface area contributed by atoms with Crippen LogP contribution in [0, 0.1) is 0 Å². The van der Waals surface area contributed by atoms with Gasteiger partial charge in [-0.25, -0.2) is 9.59 Å². The van der Waals surface area contributed by atoms with E-state index < -0.39 is 11.9 Å². The molecule has 18 heteroatoms. The second kappa shape index (κ2) is 30.4. The van der Waals surface area contributed by atoms with Crippen LogP contribution in [0.1, 0.15) is 54.1 Å². The number of methoxy groups -OCH3 is 3. The minimum Gasteiger partial charge on any atom is -0.493 e. The Bertz CT molecular complexity index is 1910. The number of carbonyl (C=O) groups is 2. The van der Waals surface area contributed by atoms with E-state index in [4.69, 9.17) is 44.2 Å². The highest BCUT2D eigenvalue weighted by Crippen LogP contribution is 2.37. The number of carboxylic acids is 1.